The molecule has 2 atom stereocenters. The van der Waals surface area contributed by atoms with Gasteiger partial charge in [0.1, 0.15) is 5.75 Å². The van der Waals surface area contributed by atoms with Crippen molar-refractivity contribution >= 4 is 17.4 Å². The molecule has 1 amide bonds. The number of nitrogens with zero attached hydrogens (tertiary/aromatic N) is 1. The van der Waals surface area contributed by atoms with Gasteiger partial charge in [-0.05, 0) is 25.5 Å². The highest BCUT2D eigenvalue weighted by Crippen LogP contribution is 2.30. The molecule has 0 aliphatic carbocycles. The Labute approximate surface area is 122 Å². The van der Waals surface area contributed by atoms with Crippen LogP contribution in [-0.2, 0) is 9.53 Å². The van der Waals surface area contributed by atoms with Gasteiger partial charge in [-0.15, -0.1) is 0 Å². The van der Waals surface area contributed by atoms with E-state index >= 15 is 0 Å². The van der Waals surface area contributed by atoms with Crippen LogP contribution < -0.4 is 15.8 Å². The van der Waals surface area contributed by atoms with Gasteiger partial charge >= 0.3 is 0 Å². The Balaban J connectivity index is 2.31. The van der Waals surface area contributed by atoms with Gasteiger partial charge in [-0.3, -0.25) is 4.79 Å². The number of methoxy groups -OCH3 is 1. The van der Waals surface area contributed by atoms with Gasteiger partial charge < -0.3 is 25.7 Å². The van der Waals surface area contributed by atoms with Gasteiger partial charge in [-0.1, -0.05) is 11.2 Å². The van der Waals surface area contributed by atoms with Crippen LogP contribution in [0.15, 0.2) is 23.4 Å². The molecule has 7 heteroatoms. The number of rotatable bonds is 4. The fourth-order valence-corrected chi connectivity index (χ4v) is 2.39. The van der Waals surface area contributed by atoms with Gasteiger partial charge in [0, 0.05) is 12.2 Å². The largest absolute Gasteiger partial charge is 0.495 e. The van der Waals surface area contributed by atoms with Crippen LogP contribution in [0.4, 0.5) is 5.69 Å². The van der Waals surface area contributed by atoms with Crippen molar-refractivity contribution in [3.05, 3.63) is 23.8 Å². The molecule has 1 aromatic carbocycles. The molecule has 1 aliphatic heterocycles. The number of amides is 1. The van der Waals surface area contributed by atoms with Crippen molar-refractivity contribution in [2.24, 2.45) is 16.8 Å². The van der Waals surface area contributed by atoms with Crippen molar-refractivity contribution in [2.75, 3.05) is 19.0 Å². The summed E-state index contributed by atoms with van der Waals surface area (Å²) >= 11 is 0. The van der Waals surface area contributed by atoms with E-state index in [9.17, 15) is 4.79 Å². The summed E-state index contributed by atoms with van der Waals surface area (Å²) in [6.07, 6.45) is 0.535. The van der Waals surface area contributed by atoms with E-state index in [1.54, 1.807) is 18.2 Å². The third-order valence-corrected chi connectivity index (χ3v) is 3.59. The zero-order chi connectivity index (χ0) is 15.4. The molecule has 21 heavy (non-hydrogen) atoms. The lowest BCUT2D eigenvalue weighted by Crippen LogP contribution is -2.29. The van der Waals surface area contributed by atoms with E-state index < -0.39 is 0 Å². The molecule has 0 spiro atoms. The van der Waals surface area contributed by atoms with Crippen molar-refractivity contribution < 1.29 is 19.5 Å². The van der Waals surface area contributed by atoms with Crippen molar-refractivity contribution in [1.82, 2.24) is 0 Å². The first kappa shape index (κ1) is 15.1. The predicted molar refractivity (Wildman–Crippen MR) is 77.7 cm³/mol. The van der Waals surface area contributed by atoms with Crippen molar-refractivity contribution in [1.29, 1.82) is 0 Å². The van der Waals surface area contributed by atoms with E-state index in [-0.39, 0.29) is 23.8 Å². The van der Waals surface area contributed by atoms with Gasteiger partial charge in [0.15, 0.2) is 5.84 Å². The second-order valence-electron chi connectivity index (χ2n) is 4.83. The zero-order valence-electron chi connectivity index (χ0n) is 12.0. The first-order valence-corrected chi connectivity index (χ1v) is 6.65. The molecule has 2 rings (SSSR count). The molecule has 1 aromatic rings. The van der Waals surface area contributed by atoms with E-state index in [0.29, 0.717) is 30.0 Å². The number of carbonyl (C=O) groups is 1. The summed E-state index contributed by atoms with van der Waals surface area (Å²) in [5, 5.41) is 14.6. The number of benzene rings is 1. The van der Waals surface area contributed by atoms with Gasteiger partial charge in [0.25, 0.3) is 0 Å². The number of oxime groups is 1. The van der Waals surface area contributed by atoms with E-state index in [2.05, 4.69) is 10.5 Å². The summed E-state index contributed by atoms with van der Waals surface area (Å²) in [4.78, 5) is 12.4. The molecular weight excluding hydrogens is 274 g/mol. The number of anilines is 1. The standard InChI is InChI=1S/C14H19N3O4/c1-8-9(6-7-21-8)14(18)16-12-10(13(15)17-19)4-3-5-11(12)20-2/h3-5,8-9,19H,6-7H2,1-2H3,(H2,15,17)(H,16,18). The normalized spacial score (nSPS) is 22.1. The van der Waals surface area contributed by atoms with Crippen LogP contribution in [0.25, 0.3) is 0 Å². The minimum absolute atomic E-state index is 0.0973. The van der Waals surface area contributed by atoms with Crippen molar-refractivity contribution in [3.63, 3.8) is 0 Å². The molecule has 0 radical (unpaired) electrons. The average molecular weight is 293 g/mol. The third kappa shape index (κ3) is 3.08. The van der Waals surface area contributed by atoms with Crippen LogP contribution in [0, 0.1) is 5.92 Å². The second-order valence-corrected chi connectivity index (χ2v) is 4.83. The highest BCUT2D eigenvalue weighted by molar-refractivity contribution is 6.07. The molecule has 2 unspecified atom stereocenters. The number of amidine groups is 1. The lowest BCUT2D eigenvalue weighted by Gasteiger charge is -2.18. The maximum absolute atomic E-state index is 12.4. The summed E-state index contributed by atoms with van der Waals surface area (Å²) in [6.45, 7) is 2.43. The van der Waals surface area contributed by atoms with E-state index in [0.717, 1.165) is 0 Å². The maximum atomic E-state index is 12.4. The van der Waals surface area contributed by atoms with Gasteiger partial charge in [-0.25, -0.2) is 0 Å². The molecule has 7 nitrogen and oxygen atoms in total. The van der Waals surface area contributed by atoms with Crippen molar-refractivity contribution in [3.8, 4) is 5.75 Å². The molecule has 1 fully saturated rings. The Kier molecular flexibility index (Phi) is 4.64. The molecule has 0 bridgehead atoms. The van der Waals surface area contributed by atoms with Crippen LogP contribution in [0.1, 0.15) is 18.9 Å². The Morgan fingerprint density at radius 3 is 2.90 bits per heavy atom. The van der Waals surface area contributed by atoms with Crippen LogP contribution in [0.3, 0.4) is 0 Å². The van der Waals surface area contributed by atoms with Crippen LogP contribution >= 0.6 is 0 Å². The second kappa shape index (κ2) is 6.45. The topological polar surface area (TPSA) is 106 Å². The fraction of sp³-hybridized carbons (Fsp3) is 0.429. The molecule has 1 aliphatic rings. The zero-order valence-corrected chi connectivity index (χ0v) is 12.0. The number of ether oxygens (including phenoxy) is 2. The fourth-order valence-electron chi connectivity index (χ4n) is 2.39. The van der Waals surface area contributed by atoms with Gasteiger partial charge in [0.05, 0.1) is 24.8 Å². The Hall–Kier alpha value is -2.28. The summed E-state index contributed by atoms with van der Waals surface area (Å²) < 4.78 is 10.6. The quantitative estimate of drug-likeness (QED) is 0.334. The molecule has 1 saturated heterocycles. The Morgan fingerprint density at radius 1 is 1.57 bits per heavy atom. The predicted octanol–water partition coefficient (Wildman–Crippen LogP) is 1.15. The molecule has 114 valence electrons. The lowest BCUT2D eigenvalue weighted by molar-refractivity contribution is -0.121. The Bertz CT molecular complexity index is 559. The SMILES string of the molecule is COc1cccc(/C(N)=N/O)c1NC(=O)C1CCOC1C. The highest BCUT2D eigenvalue weighted by Gasteiger charge is 2.31. The maximum Gasteiger partial charge on any atom is 0.230 e. The van der Waals surface area contributed by atoms with Crippen LogP contribution in [0.5, 0.6) is 5.75 Å². The molecule has 1 heterocycles. The number of hydrogen-bond acceptors (Lipinski definition) is 5. The smallest absolute Gasteiger partial charge is 0.230 e. The monoisotopic (exact) mass is 293 g/mol. The molecular formula is C14H19N3O4. The minimum atomic E-state index is -0.227. The number of hydrogen-bond donors (Lipinski definition) is 3. The highest BCUT2D eigenvalue weighted by atomic mass is 16.5. The lowest BCUT2D eigenvalue weighted by atomic mass is 10.0. The van der Waals surface area contributed by atoms with Crippen molar-refractivity contribution in [2.45, 2.75) is 19.4 Å². The average Bonchev–Trinajstić information content (AvgIpc) is 2.92. The minimum Gasteiger partial charge on any atom is -0.495 e. The van der Waals surface area contributed by atoms with E-state index in [4.69, 9.17) is 20.4 Å². The number of nitrogens with two attached hydrogens (primary N) is 1. The number of para-hydroxylation sites is 1. The first-order chi connectivity index (χ1) is 10.1. The summed E-state index contributed by atoms with van der Waals surface area (Å²) in [5.41, 5.74) is 6.43. The summed E-state index contributed by atoms with van der Waals surface area (Å²) in [6, 6.07) is 5.03. The Morgan fingerprint density at radius 2 is 2.33 bits per heavy atom. The summed E-state index contributed by atoms with van der Waals surface area (Å²) in [5.74, 6) is -0.0505. The van der Waals surface area contributed by atoms with Crippen LogP contribution in [-0.4, -0.2) is 36.8 Å². The van der Waals surface area contributed by atoms with E-state index in [1.807, 2.05) is 6.92 Å². The third-order valence-electron chi connectivity index (χ3n) is 3.59. The molecule has 4 N–H and O–H groups in total. The summed E-state index contributed by atoms with van der Waals surface area (Å²) in [7, 11) is 1.49. The van der Waals surface area contributed by atoms with Gasteiger partial charge in [0.2, 0.25) is 5.91 Å². The number of carbonyl (C=O) groups excluding carboxylic acids is 1. The van der Waals surface area contributed by atoms with E-state index in [1.165, 1.54) is 7.11 Å². The first-order valence-electron chi connectivity index (χ1n) is 6.65. The van der Waals surface area contributed by atoms with Gasteiger partial charge in [-0.2, -0.15) is 0 Å². The van der Waals surface area contributed by atoms with Crippen LogP contribution in [0.2, 0.25) is 0 Å². The number of nitrogens with one attached hydrogen (secondary N) is 1. The molecule has 0 aromatic heterocycles. The molecule has 0 saturated carbocycles.